The zero-order valence-corrected chi connectivity index (χ0v) is 11.6. The summed E-state index contributed by atoms with van der Waals surface area (Å²) < 4.78 is 1.22. The first kappa shape index (κ1) is 14.4. The lowest BCUT2D eigenvalue weighted by Crippen LogP contribution is -2.54. The third-order valence-electron chi connectivity index (χ3n) is 3.51. The van der Waals surface area contributed by atoms with Crippen LogP contribution in [-0.4, -0.2) is 49.1 Å². The highest BCUT2D eigenvalue weighted by Gasteiger charge is 2.26. The molecular weight excluding hydrogens is 262 g/mol. The molecule has 1 aliphatic rings. The number of hydrazine groups is 1. The van der Waals surface area contributed by atoms with Crippen LogP contribution in [0.2, 0.25) is 0 Å². The lowest BCUT2D eigenvalue weighted by atomic mass is 10.00. The van der Waals surface area contributed by atoms with Crippen LogP contribution in [0.5, 0.6) is 0 Å². The van der Waals surface area contributed by atoms with Gasteiger partial charge >= 0.3 is 5.97 Å². The van der Waals surface area contributed by atoms with E-state index in [-0.39, 0.29) is 18.1 Å². The summed E-state index contributed by atoms with van der Waals surface area (Å²) in [5, 5.41) is 17.8. The molecule has 2 N–H and O–H groups in total. The smallest absolute Gasteiger partial charge is 0.358 e. The molecule has 1 aromatic rings. The lowest BCUT2D eigenvalue weighted by Gasteiger charge is -2.38. The Balaban J connectivity index is 1.92. The fourth-order valence-corrected chi connectivity index (χ4v) is 2.44. The van der Waals surface area contributed by atoms with Crippen molar-refractivity contribution in [2.75, 3.05) is 0 Å². The molecule has 1 fully saturated rings. The fraction of sp³-hybridized carbons (Fsp3) is 0.667. The van der Waals surface area contributed by atoms with Crippen molar-refractivity contribution in [2.45, 2.75) is 51.7 Å². The van der Waals surface area contributed by atoms with Crippen LogP contribution in [0.3, 0.4) is 0 Å². The number of aromatic carboxylic acids is 1. The van der Waals surface area contributed by atoms with Crippen molar-refractivity contribution in [2.24, 2.45) is 0 Å². The summed E-state index contributed by atoms with van der Waals surface area (Å²) in [6.07, 6.45) is 4.51. The zero-order chi connectivity index (χ0) is 14.7. The average Bonchev–Trinajstić information content (AvgIpc) is 2.82. The maximum absolute atomic E-state index is 12.0. The number of amides is 1. The number of rotatable bonds is 4. The first-order chi connectivity index (χ1) is 9.47. The molecule has 0 radical (unpaired) electrons. The number of hydrogen-bond acceptors (Lipinski definition) is 5. The van der Waals surface area contributed by atoms with E-state index in [9.17, 15) is 9.59 Å². The average molecular weight is 281 g/mol. The molecule has 2 rings (SSSR count). The normalized spacial score (nSPS) is 23.5. The molecule has 0 bridgehead atoms. The summed E-state index contributed by atoms with van der Waals surface area (Å²) in [7, 11) is 0. The SMILES string of the molecule is CC1CCCC(C)N1NC(=O)Cn1cc(C(=O)O)nn1. The Morgan fingerprint density at radius 1 is 1.40 bits per heavy atom. The molecule has 8 nitrogen and oxygen atoms in total. The van der Waals surface area contributed by atoms with Crippen LogP contribution >= 0.6 is 0 Å². The molecule has 1 aliphatic heterocycles. The van der Waals surface area contributed by atoms with Crippen LogP contribution in [0, 0.1) is 0 Å². The third kappa shape index (κ3) is 3.32. The van der Waals surface area contributed by atoms with Gasteiger partial charge in [0.15, 0.2) is 5.69 Å². The van der Waals surface area contributed by atoms with E-state index in [4.69, 9.17) is 5.11 Å². The lowest BCUT2D eigenvalue weighted by molar-refractivity contribution is -0.130. The summed E-state index contributed by atoms with van der Waals surface area (Å²) in [5.41, 5.74) is 2.69. The van der Waals surface area contributed by atoms with Crippen molar-refractivity contribution in [3.63, 3.8) is 0 Å². The topological polar surface area (TPSA) is 100 Å². The van der Waals surface area contributed by atoms with Gasteiger partial charge in [-0.3, -0.25) is 10.2 Å². The van der Waals surface area contributed by atoms with E-state index in [2.05, 4.69) is 29.6 Å². The molecule has 0 aromatic carbocycles. The van der Waals surface area contributed by atoms with Crippen LogP contribution in [0.4, 0.5) is 0 Å². The molecule has 2 atom stereocenters. The van der Waals surface area contributed by atoms with E-state index < -0.39 is 5.97 Å². The van der Waals surface area contributed by atoms with Gasteiger partial charge in [0.1, 0.15) is 6.54 Å². The molecule has 1 aromatic heterocycles. The monoisotopic (exact) mass is 281 g/mol. The Morgan fingerprint density at radius 2 is 2.05 bits per heavy atom. The highest BCUT2D eigenvalue weighted by atomic mass is 16.4. The largest absolute Gasteiger partial charge is 0.476 e. The van der Waals surface area contributed by atoms with Crippen molar-refractivity contribution < 1.29 is 14.7 Å². The van der Waals surface area contributed by atoms with Crippen LogP contribution in [0.1, 0.15) is 43.6 Å². The van der Waals surface area contributed by atoms with Gasteiger partial charge in [-0.15, -0.1) is 5.10 Å². The number of nitrogens with one attached hydrogen (secondary N) is 1. The van der Waals surface area contributed by atoms with Crippen molar-refractivity contribution >= 4 is 11.9 Å². The standard InChI is InChI=1S/C12H19N5O3/c1-8-4-3-5-9(2)17(8)14-11(18)7-16-6-10(12(19)20)13-15-16/h6,8-9H,3-5,7H2,1-2H3,(H,14,18)(H,19,20). The Labute approximate surface area is 116 Å². The minimum atomic E-state index is -1.16. The van der Waals surface area contributed by atoms with Crippen LogP contribution < -0.4 is 5.43 Å². The van der Waals surface area contributed by atoms with Gasteiger partial charge in [0.2, 0.25) is 0 Å². The molecule has 0 spiro atoms. The fourth-order valence-electron chi connectivity index (χ4n) is 2.44. The summed E-state index contributed by atoms with van der Waals surface area (Å²) in [4.78, 5) is 22.6. The molecule has 2 unspecified atom stereocenters. The Hall–Kier alpha value is -1.96. The van der Waals surface area contributed by atoms with E-state index >= 15 is 0 Å². The maximum Gasteiger partial charge on any atom is 0.358 e. The van der Waals surface area contributed by atoms with E-state index in [1.165, 1.54) is 17.3 Å². The van der Waals surface area contributed by atoms with Crippen LogP contribution in [-0.2, 0) is 11.3 Å². The summed E-state index contributed by atoms with van der Waals surface area (Å²) in [5.74, 6) is -1.39. The maximum atomic E-state index is 12.0. The van der Waals surface area contributed by atoms with Crippen molar-refractivity contribution in [1.82, 2.24) is 25.4 Å². The highest BCUT2D eigenvalue weighted by molar-refractivity contribution is 5.84. The van der Waals surface area contributed by atoms with E-state index in [0.29, 0.717) is 12.1 Å². The second-order valence-electron chi connectivity index (χ2n) is 5.18. The van der Waals surface area contributed by atoms with Gasteiger partial charge in [0.05, 0.1) is 6.20 Å². The van der Waals surface area contributed by atoms with E-state index in [1.807, 2.05) is 5.01 Å². The number of hydrogen-bond donors (Lipinski definition) is 2. The van der Waals surface area contributed by atoms with Crippen LogP contribution in [0.15, 0.2) is 6.20 Å². The number of carbonyl (C=O) groups is 2. The van der Waals surface area contributed by atoms with Gasteiger partial charge in [0, 0.05) is 12.1 Å². The van der Waals surface area contributed by atoms with Gasteiger partial charge in [-0.2, -0.15) is 0 Å². The molecule has 2 heterocycles. The Kier molecular flexibility index (Phi) is 4.33. The van der Waals surface area contributed by atoms with Gasteiger partial charge in [0.25, 0.3) is 5.91 Å². The number of piperidine rings is 1. The second-order valence-corrected chi connectivity index (χ2v) is 5.18. The van der Waals surface area contributed by atoms with Crippen molar-refractivity contribution in [1.29, 1.82) is 0 Å². The van der Waals surface area contributed by atoms with Gasteiger partial charge < -0.3 is 5.11 Å². The predicted octanol–water partition coefficient (Wildman–Crippen LogP) is 0.270. The number of carbonyl (C=O) groups excluding carboxylic acids is 1. The van der Waals surface area contributed by atoms with E-state index in [0.717, 1.165) is 12.8 Å². The minimum Gasteiger partial charge on any atom is -0.476 e. The molecule has 20 heavy (non-hydrogen) atoms. The number of nitrogens with zero attached hydrogens (tertiary/aromatic N) is 4. The van der Waals surface area contributed by atoms with Crippen LogP contribution in [0.25, 0.3) is 0 Å². The van der Waals surface area contributed by atoms with Gasteiger partial charge in [-0.1, -0.05) is 11.6 Å². The van der Waals surface area contributed by atoms with Gasteiger partial charge in [-0.05, 0) is 26.7 Å². The highest BCUT2D eigenvalue weighted by Crippen LogP contribution is 2.20. The molecule has 110 valence electrons. The molecule has 1 amide bonds. The number of carboxylic acid groups (broad SMARTS) is 1. The summed E-state index contributed by atoms with van der Waals surface area (Å²) >= 11 is 0. The Morgan fingerprint density at radius 3 is 2.60 bits per heavy atom. The Bertz CT molecular complexity index is 491. The zero-order valence-electron chi connectivity index (χ0n) is 11.6. The molecule has 0 aliphatic carbocycles. The minimum absolute atomic E-state index is 0.0454. The first-order valence-corrected chi connectivity index (χ1v) is 6.68. The second kappa shape index (κ2) is 6.00. The predicted molar refractivity (Wildman–Crippen MR) is 69.7 cm³/mol. The van der Waals surface area contributed by atoms with Crippen molar-refractivity contribution in [3.05, 3.63) is 11.9 Å². The number of carboxylic acids is 1. The first-order valence-electron chi connectivity index (χ1n) is 6.68. The molecule has 0 saturated carbocycles. The molecule has 8 heteroatoms. The van der Waals surface area contributed by atoms with Gasteiger partial charge in [-0.25, -0.2) is 14.5 Å². The quantitative estimate of drug-likeness (QED) is 0.821. The molecular formula is C12H19N5O3. The third-order valence-corrected chi connectivity index (χ3v) is 3.51. The molecule has 1 saturated heterocycles. The summed E-state index contributed by atoms with van der Waals surface area (Å²) in [6.45, 7) is 4.11. The number of aromatic nitrogens is 3. The summed E-state index contributed by atoms with van der Waals surface area (Å²) in [6, 6.07) is 0.598. The van der Waals surface area contributed by atoms with Crippen molar-refractivity contribution in [3.8, 4) is 0 Å². The van der Waals surface area contributed by atoms with E-state index in [1.54, 1.807) is 0 Å².